The molecule has 8 aromatic rings. The summed E-state index contributed by atoms with van der Waals surface area (Å²) in [6.45, 7) is 0. The molecule has 3 N–H and O–H groups in total. The molecule has 53 heavy (non-hydrogen) atoms. The number of fused-ring (bicyclic) bond motifs is 7. The summed E-state index contributed by atoms with van der Waals surface area (Å²) in [5, 5.41) is 29.3. The average Bonchev–Trinajstić information content (AvgIpc) is 3.34. The van der Waals surface area contributed by atoms with Crippen LogP contribution in [0.2, 0.25) is 0 Å². The van der Waals surface area contributed by atoms with Crippen molar-refractivity contribution in [2.75, 3.05) is 0 Å². The topological polar surface area (TPSA) is 96.2 Å². The van der Waals surface area contributed by atoms with E-state index in [9.17, 15) is 19.7 Å². The molecule has 0 radical (unpaired) electrons. The number of phosphoric acid groups is 1. The maximum absolute atomic E-state index is 14.5. The number of rotatable bonds is 6. The Morgan fingerprint density at radius 3 is 1.02 bits per heavy atom. The number of hydrogen-bond acceptors (Lipinski definition) is 5. The first-order valence-electron chi connectivity index (χ1n) is 17.3. The monoisotopic (exact) mass is 712 g/mol. The summed E-state index contributed by atoms with van der Waals surface area (Å²) in [5.41, 5.74) is -0.141. The smallest absolute Gasteiger partial charge is 0.394 e. The standard InChI is InChI=1S/C46H33O6P/c47-45(33-19-5-1-6-20-33,34-21-7-2-8-22-34)39-29-31-17-13-15-27-37(31)41-42-38-28-16-14-18-32(38)30-40(44(42)52-53(49,50)51-43(39)41)46(48,35-23-9-3-10-24-35)36-25-11-4-12-26-36/h1-30,47-48H,(H,49,50). The fourth-order valence-corrected chi connectivity index (χ4v) is 8.68. The second-order valence-electron chi connectivity index (χ2n) is 13.2. The van der Waals surface area contributed by atoms with Gasteiger partial charge in [0.2, 0.25) is 0 Å². The summed E-state index contributed by atoms with van der Waals surface area (Å²) in [7, 11) is -5.03. The van der Waals surface area contributed by atoms with Crippen LogP contribution in [0, 0.1) is 0 Å². The van der Waals surface area contributed by atoms with Crippen molar-refractivity contribution in [3.05, 3.63) is 215 Å². The van der Waals surface area contributed by atoms with Gasteiger partial charge >= 0.3 is 7.82 Å². The van der Waals surface area contributed by atoms with Gasteiger partial charge in [0.15, 0.2) is 0 Å². The first kappa shape index (κ1) is 32.9. The highest BCUT2D eigenvalue weighted by atomic mass is 31.2. The Hall–Kier alpha value is -6.01. The van der Waals surface area contributed by atoms with Crippen molar-refractivity contribution in [1.82, 2.24) is 0 Å². The fourth-order valence-electron chi connectivity index (χ4n) is 7.80. The molecule has 0 saturated heterocycles. The van der Waals surface area contributed by atoms with E-state index in [1.807, 2.05) is 182 Å². The summed E-state index contributed by atoms with van der Waals surface area (Å²) in [4.78, 5) is 11.8. The molecule has 1 heterocycles. The van der Waals surface area contributed by atoms with E-state index in [0.29, 0.717) is 44.2 Å². The highest BCUT2D eigenvalue weighted by Crippen LogP contribution is 2.62. The summed E-state index contributed by atoms with van der Waals surface area (Å²) in [6.07, 6.45) is 0. The predicted molar refractivity (Wildman–Crippen MR) is 208 cm³/mol. The van der Waals surface area contributed by atoms with E-state index in [-0.39, 0.29) is 22.6 Å². The largest absolute Gasteiger partial charge is 0.584 e. The molecule has 0 saturated carbocycles. The molecule has 7 heteroatoms. The van der Waals surface area contributed by atoms with Gasteiger partial charge in [-0.25, -0.2) is 4.57 Å². The quantitative estimate of drug-likeness (QED) is 0.117. The van der Waals surface area contributed by atoms with E-state index < -0.39 is 19.0 Å². The summed E-state index contributed by atoms with van der Waals surface area (Å²) >= 11 is 0. The van der Waals surface area contributed by atoms with E-state index in [1.165, 1.54) is 0 Å². The molecule has 0 amide bonds. The van der Waals surface area contributed by atoms with Crippen molar-refractivity contribution in [1.29, 1.82) is 0 Å². The second-order valence-corrected chi connectivity index (χ2v) is 14.5. The summed E-state index contributed by atoms with van der Waals surface area (Å²) in [6, 6.07) is 55.7. The highest BCUT2D eigenvalue weighted by molar-refractivity contribution is 7.48. The van der Waals surface area contributed by atoms with Crippen LogP contribution in [-0.4, -0.2) is 15.1 Å². The van der Waals surface area contributed by atoms with E-state index >= 15 is 0 Å². The number of benzene rings is 8. The molecule has 0 aromatic heterocycles. The Kier molecular flexibility index (Phi) is 7.81. The van der Waals surface area contributed by atoms with Gasteiger partial charge in [-0.05, 0) is 55.9 Å². The zero-order valence-electron chi connectivity index (χ0n) is 28.3. The van der Waals surface area contributed by atoms with Crippen molar-refractivity contribution in [3.63, 3.8) is 0 Å². The lowest BCUT2D eigenvalue weighted by Crippen LogP contribution is -2.29. The van der Waals surface area contributed by atoms with Gasteiger partial charge in [-0.15, -0.1) is 0 Å². The molecule has 258 valence electrons. The average molecular weight is 713 g/mol. The molecule has 0 spiro atoms. The van der Waals surface area contributed by atoms with E-state index in [0.717, 1.165) is 10.8 Å². The molecule has 0 bridgehead atoms. The lowest BCUT2D eigenvalue weighted by atomic mass is 9.75. The third-order valence-electron chi connectivity index (χ3n) is 10.2. The van der Waals surface area contributed by atoms with Crippen molar-refractivity contribution in [3.8, 4) is 22.6 Å². The molecule has 6 nitrogen and oxygen atoms in total. The first-order chi connectivity index (χ1) is 25.8. The minimum atomic E-state index is -5.03. The Bertz CT molecular complexity index is 2420. The fraction of sp³-hybridized carbons (Fsp3) is 0.0435. The first-order valence-corrected chi connectivity index (χ1v) is 18.8. The Labute approximate surface area is 306 Å². The van der Waals surface area contributed by atoms with Crippen LogP contribution >= 0.6 is 7.82 Å². The van der Waals surface area contributed by atoms with Gasteiger partial charge in [-0.1, -0.05) is 170 Å². The molecular formula is C46H33O6P. The molecule has 8 aromatic carbocycles. The van der Waals surface area contributed by atoms with E-state index in [4.69, 9.17) is 9.05 Å². The van der Waals surface area contributed by atoms with E-state index in [1.54, 1.807) is 0 Å². The van der Waals surface area contributed by atoms with Gasteiger partial charge in [0.25, 0.3) is 0 Å². The van der Waals surface area contributed by atoms with Crippen molar-refractivity contribution in [2.45, 2.75) is 11.2 Å². The minimum Gasteiger partial charge on any atom is -0.394 e. The van der Waals surface area contributed by atoms with Gasteiger partial charge in [0.1, 0.15) is 22.7 Å². The molecule has 1 aliphatic heterocycles. The Morgan fingerprint density at radius 1 is 0.415 bits per heavy atom. The molecular weight excluding hydrogens is 679 g/mol. The normalized spacial score (nSPS) is 13.7. The van der Waals surface area contributed by atoms with Crippen LogP contribution in [0.3, 0.4) is 0 Å². The third-order valence-corrected chi connectivity index (χ3v) is 11.0. The maximum atomic E-state index is 14.5. The summed E-state index contributed by atoms with van der Waals surface area (Å²) in [5.74, 6) is -0.0116. The number of phosphoric ester groups is 1. The minimum absolute atomic E-state index is 0.00578. The van der Waals surface area contributed by atoms with Crippen molar-refractivity contribution in [2.24, 2.45) is 0 Å². The number of hydrogen-bond donors (Lipinski definition) is 3. The SMILES string of the molecule is O=P1(O)Oc2c(C(O)(c3ccccc3)c3ccccc3)cc3ccccc3c2-c2c(c(C(O)(c3ccccc3)c3ccccc3)cc3ccccc23)O1. The van der Waals surface area contributed by atoms with Crippen LogP contribution in [-0.2, 0) is 15.8 Å². The van der Waals surface area contributed by atoms with E-state index in [2.05, 4.69) is 0 Å². The lowest BCUT2D eigenvalue weighted by molar-refractivity contribution is 0.122. The molecule has 0 atom stereocenters. The highest BCUT2D eigenvalue weighted by Gasteiger charge is 2.46. The lowest BCUT2D eigenvalue weighted by Gasteiger charge is -2.33. The third kappa shape index (κ3) is 5.27. The Balaban J connectivity index is 1.49. The van der Waals surface area contributed by atoms with Gasteiger partial charge < -0.3 is 19.3 Å². The molecule has 0 fully saturated rings. The second kappa shape index (κ2) is 12.6. The van der Waals surface area contributed by atoms with Crippen LogP contribution in [0.25, 0.3) is 32.7 Å². The van der Waals surface area contributed by atoms with Crippen LogP contribution < -0.4 is 9.05 Å². The van der Waals surface area contributed by atoms with Crippen LogP contribution in [0.5, 0.6) is 11.5 Å². The predicted octanol–water partition coefficient (Wildman–Crippen LogP) is 10.1. The van der Waals surface area contributed by atoms with Crippen molar-refractivity contribution >= 4 is 29.4 Å². The van der Waals surface area contributed by atoms with Gasteiger partial charge in [0, 0.05) is 22.3 Å². The van der Waals surface area contributed by atoms with Gasteiger partial charge in [-0.3, -0.25) is 4.89 Å². The number of aliphatic hydroxyl groups is 2. The van der Waals surface area contributed by atoms with Crippen LogP contribution in [0.15, 0.2) is 182 Å². The van der Waals surface area contributed by atoms with Crippen LogP contribution in [0.4, 0.5) is 0 Å². The van der Waals surface area contributed by atoms with Crippen LogP contribution in [0.1, 0.15) is 33.4 Å². The van der Waals surface area contributed by atoms with Gasteiger partial charge in [0.05, 0.1) is 0 Å². The van der Waals surface area contributed by atoms with Gasteiger partial charge in [-0.2, -0.15) is 0 Å². The molecule has 9 rings (SSSR count). The summed E-state index contributed by atoms with van der Waals surface area (Å²) < 4.78 is 27.0. The molecule has 0 aliphatic carbocycles. The molecule has 0 unspecified atom stereocenters. The Morgan fingerprint density at radius 2 is 0.698 bits per heavy atom. The maximum Gasteiger partial charge on any atom is 0.584 e. The zero-order chi connectivity index (χ0) is 36.2. The van der Waals surface area contributed by atoms with Crippen molar-refractivity contribution < 1.29 is 28.7 Å². The zero-order valence-corrected chi connectivity index (χ0v) is 29.2. The molecule has 1 aliphatic rings.